The average Bonchev–Trinajstić information content (AvgIpc) is 3.03. The highest BCUT2D eigenvalue weighted by molar-refractivity contribution is 5.50. The molecule has 0 amide bonds. The van der Waals surface area contributed by atoms with Crippen LogP contribution in [0.1, 0.15) is 30.9 Å². The van der Waals surface area contributed by atoms with Crippen molar-refractivity contribution in [3.05, 3.63) is 48.0 Å². The van der Waals surface area contributed by atoms with Gasteiger partial charge in [-0.1, -0.05) is 6.08 Å². The van der Waals surface area contributed by atoms with E-state index in [1.54, 1.807) is 12.2 Å². The Morgan fingerprint density at radius 2 is 2.31 bits per heavy atom. The van der Waals surface area contributed by atoms with Gasteiger partial charge in [-0.3, -0.25) is 0 Å². The van der Waals surface area contributed by atoms with Gasteiger partial charge in [0.2, 0.25) is 12.2 Å². The molecule has 8 nitrogen and oxygen atoms in total. The van der Waals surface area contributed by atoms with Crippen LogP contribution in [0.2, 0.25) is 0 Å². The van der Waals surface area contributed by atoms with Gasteiger partial charge in [-0.2, -0.15) is 15.3 Å². The quantitative estimate of drug-likeness (QED) is 0.843. The molecule has 0 spiro atoms. The second-order valence-corrected chi connectivity index (χ2v) is 5.61. The lowest BCUT2D eigenvalue weighted by molar-refractivity contribution is 0.170. The van der Waals surface area contributed by atoms with E-state index in [9.17, 15) is 13.9 Å². The van der Waals surface area contributed by atoms with E-state index in [1.165, 1.54) is 18.7 Å². The minimum atomic E-state index is -1.85. The maximum Gasteiger partial charge on any atom is 0.230 e. The van der Waals surface area contributed by atoms with Crippen LogP contribution in [0, 0.1) is 11.3 Å². The number of halogens is 2. The summed E-state index contributed by atoms with van der Waals surface area (Å²) >= 11 is 0. The van der Waals surface area contributed by atoms with Crippen LogP contribution in [0.5, 0.6) is 0 Å². The summed E-state index contributed by atoms with van der Waals surface area (Å²) in [5.74, 6) is 0.464. The number of anilines is 2. The molecule has 0 aromatic carbocycles. The predicted octanol–water partition coefficient (Wildman–Crippen LogP) is 3.02. The van der Waals surface area contributed by atoms with Crippen molar-refractivity contribution in [3.8, 4) is 6.07 Å². The van der Waals surface area contributed by atoms with Crippen molar-refractivity contribution in [3.63, 3.8) is 0 Å². The van der Waals surface area contributed by atoms with Crippen molar-refractivity contribution in [1.82, 2.24) is 24.7 Å². The summed E-state index contributed by atoms with van der Waals surface area (Å²) < 4.78 is 26.5. The van der Waals surface area contributed by atoms with Crippen LogP contribution in [0.3, 0.4) is 0 Å². The zero-order chi connectivity index (χ0) is 18.5. The van der Waals surface area contributed by atoms with Gasteiger partial charge in [-0.25, -0.2) is 23.4 Å². The van der Waals surface area contributed by atoms with E-state index in [-0.39, 0.29) is 24.0 Å². The number of aliphatic hydroxyl groups is 1. The van der Waals surface area contributed by atoms with Gasteiger partial charge in [0.25, 0.3) is 0 Å². The van der Waals surface area contributed by atoms with Crippen molar-refractivity contribution >= 4 is 11.6 Å². The normalized spacial score (nSPS) is 18.3. The smallest absolute Gasteiger partial charge is 0.230 e. The van der Waals surface area contributed by atoms with Crippen molar-refractivity contribution in [2.45, 2.75) is 25.1 Å². The number of hydrogen-bond donors (Lipinski definition) is 2. The van der Waals surface area contributed by atoms with Gasteiger partial charge in [-0.15, -0.1) is 0 Å². The zero-order valence-electron chi connectivity index (χ0n) is 13.5. The number of nitrogens with one attached hydrogen (secondary N) is 1. The predicted molar refractivity (Wildman–Crippen MR) is 87.8 cm³/mol. The summed E-state index contributed by atoms with van der Waals surface area (Å²) in [6.07, 6.45) is 6.05. The molecule has 0 aliphatic heterocycles. The lowest BCUT2D eigenvalue weighted by atomic mass is 10.0. The number of hydrogen-bond acceptors (Lipinski definition) is 7. The van der Waals surface area contributed by atoms with Crippen LogP contribution in [0.25, 0.3) is 0 Å². The van der Waals surface area contributed by atoms with Gasteiger partial charge in [0.15, 0.2) is 0 Å². The van der Waals surface area contributed by atoms with E-state index >= 15 is 0 Å². The fourth-order valence-corrected chi connectivity index (χ4v) is 2.46. The monoisotopic (exact) mass is 359 g/mol. The second kappa shape index (κ2) is 7.69. The van der Waals surface area contributed by atoms with Crippen LogP contribution < -0.4 is 5.32 Å². The van der Waals surface area contributed by atoms with E-state index in [0.29, 0.717) is 23.5 Å². The van der Waals surface area contributed by atoms with E-state index in [4.69, 9.17) is 5.26 Å². The molecule has 0 radical (unpaired) electrons. The Balaban J connectivity index is 1.80. The summed E-state index contributed by atoms with van der Waals surface area (Å²) in [5, 5.41) is 25.4. The second-order valence-electron chi connectivity index (χ2n) is 5.61. The molecule has 10 heteroatoms. The number of aromatic nitrogens is 5. The van der Waals surface area contributed by atoms with Gasteiger partial charge < -0.3 is 10.4 Å². The molecular weight excluding hydrogens is 344 g/mol. The molecule has 2 aromatic heterocycles. The fraction of sp³-hybridized carbons (Fsp3) is 0.312. The molecule has 2 unspecified atom stereocenters. The maximum atomic E-state index is 13.3. The molecule has 0 fully saturated rings. The van der Waals surface area contributed by atoms with Crippen LogP contribution >= 0.6 is 0 Å². The van der Waals surface area contributed by atoms with Crippen molar-refractivity contribution in [2.24, 2.45) is 0 Å². The molecule has 26 heavy (non-hydrogen) atoms. The molecule has 0 saturated carbocycles. The zero-order valence-corrected chi connectivity index (χ0v) is 13.5. The highest BCUT2D eigenvalue weighted by atomic mass is 19.2. The first kappa shape index (κ1) is 17.5. The molecule has 2 heterocycles. The molecule has 1 aliphatic rings. The summed E-state index contributed by atoms with van der Waals surface area (Å²) in [7, 11) is 0. The number of nitriles is 1. The Hall–Kier alpha value is -3.35. The topological polar surface area (TPSA) is 113 Å². The molecule has 2 N–H and O–H groups in total. The Bertz CT molecular complexity index is 887. The average molecular weight is 359 g/mol. The Morgan fingerprint density at radius 1 is 1.46 bits per heavy atom. The highest BCUT2D eigenvalue weighted by Crippen LogP contribution is 2.27. The van der Waals surface area contributed by atoms with Crippen LogP contribution in [0.4, 0.5) is 20.4 Å². The summed E-state index contributed by atoms with van der Waals surface area (Å²) in [6.45, 7) is -1.17. The molecule has 2 aromatic rings. The molecule has 1 aliphatic carbocycles. The molecule has 2 atom stereocenters. The van der Waals surface area contributed by atoms with Crippen molar-refractivity contribution < 1.29 is 13.9 Å². The SMILES string of the molecule is N#CC1=CC(c2ncnc(Nc3cnn(C(F)CF)c3)n2)CC=C(O)C1. The summed E-state index contributed by atoms with van der Waals surface area (Å²) in [5.41, 5.74) is 0.822. The molecule has 134 valence electrons. The number of alkyl halides is 2. The molecular formula is C16H15F2N7O. The van der Waals surface area contributed by atoms with E-state index in [0.717, 1.165) is 4.68 Å². The Kier molecular flexibility index (Phi) is 5.17. The first-order valence-corrected chi connectivity index (χ1v) is 7.78. The van der Waals surface area contributed by atoms with Crippen LogP contribution in [-0.2, 0) is 0 Å². The lowest BCUT2D eigenvalue weighted by Gasteiger charge is -2.09. The molecule has 3 rings (SSSR count). The largest absolute Gasteiger partial charge is 0.512 e. The van der Waals surface area contributed by atoms with Gasteiger partial charge in [0.1, 0.15) is 18.8 Å². The summed E-state index contributed by atoms with van der Waals surface area (Å²) in [4.78, 5) is 12.4. The number of rotatable bonds is 5. The van der Waals surface area contributed by atoms with Gasteiger partial charge in [0, 0.05) is 17.9 Å². The van der Waals surface area contributed by atoms with E-state index < -0.39 is 13.0 Å². The number of nitrogens with zero attached hydrogens (tertiary/aromatic N) is 6. The minimum Gasteiger partial charge on any atom is -0.512 e. The van der Waals surface area contributed by atoms with Crippen LogP contribution in [-0.4, -0.2) is 36.5 Å². The van der Waals surface area contributed by atoms with Crippen molar-refractivity contribution in [1.29, 1.82) is 5.26 Å². The first-order valence-electron chi connectivity index (χ1n) is 7.78. The van der Waals surface area contributed by atoms with Crippen molar-refractivity contribution in [2.75, 3.05) is 12.0 Å². The third-order valence-electron chi connectivity index (χ3n) is 3.72. The third-order valence-corrected chi connectivity index (χ3v) is 3.72. The molecule has 0 saturated heterocycles. The van der Waals surface area contributed by atoms with Crippen LogP contribution in [0.15, 0.2) is 42.2 Å². The minimum absolute atomic E-state index is 0.133. The lowest BCUT2D eigenvalue weighted by Crippen LogP contribution is -2.06. The Morgan fingerprint density at radius 3 is 3.08 bits per heavy atom. The number of aliphatic hydroxyl groups excluding tert-OH is 1. The first-order chi connectivity index (χ1) is 12.6. The fourth-order valence-electron chi connectivity index (χ4n) is 2.46. The maximum absolute atomic E-state index is 13.3. The number of allylic oxidation sites excluding steroid dienone is 3. The third kappa shape index (κ3) is 4.00. The standard InChI is InChI=1S/C16H15F2N7O/c17-5-14(18)25-8-12(7-22-25)23-16-21-9-20-15(24-16)11-1-2-13(26)4-10(3-11)6-19/h2-3,7-9,11,14,26H,1,4-5H2,(H,20,21,23,24). The van der Waals surface area contributed by atoms with Gasteiger partial charge in [-0.05, 0) is 12.5 Å². The summed E-state index contributed by atoms with van der Waals surface area (Å²) in [6, 6.07) is 2.04. The highest BCUT2D eigenvalue weighted by Gasteiger charge is 2.18. The van der Waals surface area contributed by atoms with Gasteiger partial charge >= 0.3 is 0 Å². The molecule has 0 bridgehead atoms. The van der Waals surface area contributed by atoms with E-state index in [1.807, 2.05) is 6.07 Å². The Labute approximate surface area is 147 Å². The van der Waals surface area contributed by atoms with Gasteiger partial charge in [0.05, 0.1) is 29.9 Å². The van der Waals surface area contributed by atoms with E-state index in [2.05, 4.69) is 25.4 Å².